The van der Waals surface area contributed by atoms with Gasteiger partial charge in [-0.1, -0.05) is 25.8 Å². The summed E-state index contributed by atoms with van der Waals surface area (Å²) in [6.45, 7) is 3.22. The monoisotopic (exact) mass is 245 g/mol. The van der Waals surface area contributed by atoms with Gasteiger partial charge < -0.3 is 4.74 Å². The van der Waals surface area contributed by atoms with Crippen LogP contribution in [0.1, 0.15) is 57.6 Å². The van der Waals surface area contributed by atoms with Crippen LogP contribution in [-0.2, 0) is 10.2 Å². The predicted octanol–water partition coefficient (Wildman–Crippen LogP) is 3.85. The van der Waals surface area contributed by atoms with Gasteiger partial charge in [-0.3, -0.25) is 4.98 Å². The van der Waals surface area contributed by atoms with E-state index in [1.165, 1.54) is 44.2 Å². The van der Waals surface area contributed by atoms with E-state index in [1.54, 1.807) is 0 Å². The Morgan fingerprint density at radius 2 is 2.06 bits per heavy atom. The summed E-state index contributed by atoms with van der Waals surface area (Å²) in [7, 11) is 0. The van der Waals surface area contributed by atoms with E-state index in [0.29, 0.717) is 0 Å². The van der Waals surface area contributed by atoms with Gasteiger partial charge >= 0.3 is 0 Å². The lowest BCUT2D eigenvalue weighted by Crippen LogP contribution is -2.46. The molecule has 2 aliphatic rings. The molecule has 0 unspecified atom stereocenters. The van der Waals surface area contributed by atoms with Crippen LogP contribution in [0.4, 0.5) is 0 Å². The molecule has 0 amide bonds. The summed E-state index contributed by atoms with van der Waals surface area (Å²) < 4.78 is 6.18. The second-order valence-electron chi connectivity index (χ2n) is 6.01. The molecular weight excluding hydrogens is 222 g/mol. The summed E-state index contributed by atoms with van der Waals surface area (Å²) in [6.07, 6.45) is 10.6. The highest BCUT2D eigenvalue weighted by Gasteiger charge is 2.47. The van der Waals surface area contributed by atoms with Gasteiger partial charge in [-0.15, -0.1) is 0 Å². The quantitative estimate of drug-likeness (QED) is 0.789. The minimum absolute atomic E-state index is 0.172. The van der Waals surface area contributed by atoms with E-state index in [9.17, 15) is 0 Å². The lowest BCUT2D eigenvalue weighted by Gasteiger charge is -2.46. The number of nitrogens with zero attached hydrogens (tertiary/aromatic N) is 1. The van der Waals surface area contributed by atoms with Crippen molar-refractivity contribution in [3.8, 4) is 0 Å². The van der Waals surface area contributed by atoms with E-state index >= 15 is 0 Å². The zero-order valence-corrected chi connectivity index (χ0v) is 11.3. The third-order valence-corrected chi connectivity index (χ3v) is 5.05. The molecule has 1 aromatic heterocycles. The number of ether oxygens (including phenoxy) is 1. The molecule has 2 fully saturated rings. The van der Waals surface area contributed by atoms with Gasteiger partial charge in [0, 0.05) is 23.9 Å². The molecule has 2 nitrogen and oxygen atoms in total. The van der Waals surface area contributed by atoms with E-state index in [0.717, 1.165) is 13.0 Å². The van der Waals surface area contributed by atoms with Crippen molar-refractivity contribution < 1.29 is 4.74 Å². The normalized spacial score (nSPS) is 30.7. The first-order chi connectivity index (χ1) is 8.79. The van der Waals surface area contributed by atoms with Crippen molar-refractivity contribution >= 4 is 0 Å². The van der Waals surface area contributed by atoms with Crippen LogP contribution in [0, 0.1) is 0 Å². The first-order valence-electron chi connectivity index (χ1n) is 7.34. The zero-order valence-electron chi connectivity index (χ0n) is 11.3. The van der Waals surface area contributed by atoms with E-state index < -0.39 is 0 Å². The summed E-state index contributed by atoms with van der Waals surface area (Å²) in [5.41, 5.74) is 1.71. The van der Waals surface area contributed by atoms with Gasteiger partial charge in [0.1, 0.15) is 0 Å². The summed E-state index contributed by atoms with van der Waals surface area (Å²) in [4.78, 5) is 4.64. The van der Waals surface area contributed by atoms with E-state index in [2.05, 4.69) is 24.0 Å². The van der Waals surface area contributed by atoms with Crippen LogP contribution in [-0.4, -0.2) is 17.2 Å². The van der Waals surface area contributed by atoms with Crippen molar-refractivity contribution in [3.05, 3.63) is 30.1 Å². The van der Waals surface area contributed by atoms with Crippen LogP contribution in [0.15, 0.2) is 24.4 Å². The van der Waals surface area contributed by atoms with Crippen LogP contribution < -0.4 is 0 Å². The highest BCUT2D eigenvalue weighted by atomic mass is 16.5. The predicted molar refractivity (Wildman–Crippen MR) is 72.6 cm³/mol. The number of rotatable bonds is 2. The fraction of sp³-hybridized carbons (Fsp3) is 0.688. The molecule has 2 heterocycles. The Morgan fingerprint density at radius 3 is 2.72 bits per heavy atom. The molecule has 1 spiro atoms. The Balaban J connectivity index is 1.91. The van der Waals surface area contributed by atoms with Gasteiger partial charge in [-0.25, -0.2) is 0 Å². The minimum atomic E-state index is 0.172. The lowest BCUT2D eigenvalue weighted by atomic mass is 9.68. The summed E-state index contributed by atoms with van der Waals surface area (Å²) >= 11 is 0. The maximum absolute atomic E-state index is 6.18. The SMILES string of the molecule is CC[C@@]1(c2ccccn2)CCOC2(CCCC2)C1. The van der Waals surface area contributed by atoms with Crippen LogP contribution in [0.5, 0.6) is 0 Å². The van der Waals surface area contributed by atoms with Gasteiger partial charge in [0.25, 0.3) is 0 Å². The summed E-state index contributed by atoms with van der Waals surface area (Å²) in [5, 5.41) is 0. The molecule has 1 aliphatic carbocycles. The third kappa shape index (κ3) is 1.97. The average molecular weight is 245 g/mol. The van der Waals surface area contributed by atoms with Crippen molar-refractivity contribution in [1.82, 2.24) is 4.98 Å². The van der Waals surface area contributed by atoms with Crippen molar-refractivity contribution in [1.29, 1.82) is 0 Å². The van der Waals surface area contributed by atoms with Crippen LogP contribution >= 0.6 is 0 Å². The molecule has 1 atom stereocenters. The summed E-state index contributed by atoms with van der Waals surface area (Å²) in [5.74, 6) is 0. The van der Waals surface area contributed by atoms with Crippen LogP contribution in [0.3, 0.4) is 0 Å². The standard InChI is InChI=1S/C16H23NO/c1-2-15(14-7-3-6-11-17-14)10-12-18-16(13-15)8-4-5-9-16/h3,6-7,11H,2,4-5,8-10,12-13H2,1H3/t15-/m1/s1. The molecule has 2 heteroatoms. The third-order valence-electron chi connectivity index (χ3n) is 5.05. The van der Waals surface area contributed by atoms with E-state index in [4.69, 9.17) is 4.74 Å². The Kier molecular flexibility index (Phi) is 3.14. The molecule has 1 aliphatic heterocycles. The molecular formula is C16H23NO. The first kappa shape index (κ1) is 12.2. The van der Waals surface area contributed by atoms with Crippen LogP contribution in [0.25, 0.3) is 0 Å². The average Bonchev–Trinajstić information content (AvgIpc) is 2.87. The Labute approximate surface area is 110 Å². The maximum Gasteiger partial charge on any atom is 0.0691 e. The van der Waals surface area contributed by atoms with Crippen LogP contribution in [0.2, 0.25) is 0 Å². The topological polar surface area (TPSA) is 22.1 Å². The molecule has 3 rings (SSSR count). The van der Waals surface area contributed by atoms with Gasteiger partial charge in [0.05, 0.1) is 5.60 Å². The Hall–Kier alpha value is -0.890. The summed E-state index contributed by atoms with van der Waals surface area (Å²) in [6, 6.07) is 6.34. The Morgan fingerprint density at radius 1 is 1.22 bits per heavy atom. The number of aromatic nitrogens is 1. The van der Waals surface area contributed by atoms with Crippen molar-refractivity contribution in [2.75, 3.05) is 6.61 Å². The molecule has 18 heavy (non-hydrogen) atoms. The fourth-order valence-corrected chi connectivity index (χ4v) is 3.94. The molecule has 0 aromatic carbocycles. The molecule has 0 bridgehead atoms. The maximum atomic E-state index is 6.18. The molecule has 1 saturated heterocycles. The van der Waals surface area contributed by atoms with Crippen molar-refractivity contribution in [2.45, 2.75) is 62.9 Å². The van der Waals surface area contributed by atoms with E-state index in [-0.39, 0.29) is 11.0 Å². The second kappa shape index (κ2) is 4.65. The minimum Gasteiger partial charge on any atom is -0.375 e. The van der Waals surface area contributed by atoms with Gasteiger partial charge in [-0.05, 0) is 44.2 Å². The lowest BCUT2D eigenvalue weighted by molar-refractivity contribution is -0.103. The molecule has 1 saturated carbocycles. The molecule has 98 valence electrons. The van der Waals surface area contributed by atoms with Crippen molar-refractivity contribution in [3.63, 3.8) is 0 Å². The van der Waals surface area contributed by atoms with E-state index in [1.807, 2.05) is 12.3 Å². The zero-order chi connectivity index (χ0) is 12.5. The highest BCUT2D eigenvalue weighted by molar-refractivity contribution is 5.20. The molecule has 0 N–H and O–H groups in total. The number of hydrogen-bond acceptors (Lipinski definition) is 2. The van der Waals surface area contributed by atoms with Crippen molar-refractivity contribution in [2.24, 2.45) is 0 Å². The molecule has 0 radical (unpaired) electrons. The highest BCUT2D eigenvalue weighted by Crippen LogP contribution is 2.49. The first-order valence-corrected chi connectivity index (χ1v) is 7.34. The number of hydrogen-bond donors (Lipinski definition) is 0. The Bertz CT molecular complexity index is 397. The fourth-order valence-electron chi connectivity index (χ4n) is 3.94. The smallest absolute Gasteiger partial charge is 0.0691 e. The number of pyridine rings is 1. The second-order valence-corrected chi connectivity index (χ2v) is 6.01. The van der Waals surface area contributed by atoms with Gasteiger partial charge in [0.15, 0.2) is 0 Å². The van der Waals surface area contributed by atoms with Gasteiger partial charge in [0.2, 0.25) is 0 Å². The largest absolute Gasteiger partial charge is 0.375 e. The van der Waals surface area contributed by atoms with Gasteiger partial charge in [-0.2, -0.15) is 0 Å². The molecule has 1 aromatic rings.